The molecule has 3 aliphatic rings. The first-order valence-corrected chi connectivity index (χ1v) is 14.0. The molecule has 0 aliphatic heterocycles. The number of hydrogen-bond donors (Lipinski definition) is 2. The molecule has 5 nitrogen and oxygen atoms in total. The highest BCUT2D eigenvalue weighted by Gasteiger charge is 2.40. The van der Waals surface area contributed by atoms with Crippen molar-refractivity contribution in [3.63, 3.8) is 0 Å². The van der Waals surface area contributed by atoms with Crippen LogP contribution in [-0.2, 0) is 22.2 Å². The van der Waals surface area contributed by atoms with Crippen molar-refractivity contribution in [2.24, 2.45) is 11.8 Å². The summed E-state index contributed by atoms with van der Waals surface area (Å²) >= 11 is 0. The van der Waals surface area contributed by atoms with Crippen LogP contribution < -0.4 is 5.32 Å². The summed E-state index contributed by atoms with van der Waals surface area (Å²) in [6.45, 7) is 9.48. The summed E-state index contributed by atoms with van der Waals surface area (Å²) in [6.07, 6.45) is 8.86. The normalized spacial score (nSPS) is 23.4. The standard InChI is InChI=1S/C31H41FN2O3/c1-30(2,3)22-12-20(13-23(16-22)31(4)10-11-31)26-17-25(28(35)33-24-14-21(15-24)29(36)37)27(32)34(26)18-19-8-6-5-7-9-19/h12-13,16-17,19,21,24H,5-11,14-15,18H2,1-4H3,(H,33,35)(H,36,37)/t21-,24-. The summed E-state index contributed by atoms with van der Waals surface area (Å²) in [7, 11) is 0. The Bertz CT molecular complexity index is 1170. The van der Waals surface area contributed by atoms with E-state index >= 15 is 4.39 Å². The van der Waals surface area contributed by atoms with Crippen LogP contribution in [0.25, 0.3) is 11.3 Å². The van der Waals surface area contributed by atoms with Gasteiger partial charge in [0.15, 0.2) is 0 Å². The third-order valence-electron chi connectivity index (χ3n) is 9.06. The minimum absolute atomic E-state index is 0.0551. The van der Waals surface area contributed by atoms with Gasteiger partial charge in [-0.2, -0.15) is 4.39 Å². The lowest BCUT2D eigenvalue weighted by atomic mass is 9.80. The van der Waals surface area contributed by atoms with E-state index < -0.39 is 23.7 Å². The minimum atomic E-state index is -0.837. The lowest BCUT2D eigenvalue weighted by Gasteiger charge is -2.32. The highest BCUT2D eigenvalue weighted by molar-refractivity contribution is 5.96. The molecule has 0 radical (unpaired) electrons. The largest absolute Gasteiger partial charge is 0.481 e. The summed E-state index contributed by atoms with van der Waals surface area (Å²) in [5.74, 6) is -1.79. The molecule has 0 spiro atoms. The van der Waals surface area contributed by atoms with Gasteiger partial charge in [-0.05, 0) is 90.2 Å². The second kappa shape index (κ2) is 9.59. The zero-order valence-corrected chi connectivity index (χ0v) is 22.7. The SMILES string of the molecule is CC(C)(C)c1cc(-c2cc(C(=O)N[C@H]3C[C@H](C(=O)O)C3)c(F)n2CC2CCCCC2)cc(C2(C)CC2)c1. The molecule has 0 saturated heterocycles. The summed E-state index contributed by atoms with van der Waals surface area (Å²) in [6, 6.07) is 8.20. The van der Waals surface area contributed by atoms with Crippen LogP contribution >= 0.6 is 0 Å². The quantitative estimate of drug-likeness (QED) is 0.431. The summed E-state index contributed by atoms with van der Waals surface area (Å²) in [4.78, 5) is 24.3. The fourth-order valence-electron chi connectivity index (χ4n) is 5.96. The summed E-state index contributed by atoms with van der Waals surface area (Å²) in [5, 5.41) is 12.0. The number of nitrogens with zero attached hydrogens (tertiary/aromatic N) is 1. The molecule has 3 saturated carbocycles. The minimum Gasteiger partial charge on any atom is -0.481 e. The Balaban J connectivity index is 1.52. The number of carboxylic acid groups (broad SMARTS) is 1. The molecule has 0 unspecified atom stereocenters. The molecule has 3 aliphatic carbocycles. The summed E-state index contributed by atoms with van der Waals surface area (Å²) in [5.41, 5.74) is 4.42. The number of amides is 1. The number of aliphatic carboxylic acids is 1. The topological polar surface area (TPSA) is 71.3 Å². The maximum Gasteiger partial charge on any atom is 0.306 e. The van der Waals surface area contributed by atoms with Gasteiger partial charge in [0, 0.05) is 12.6 Å². The third-order valence-corrected chi connectivity index (χ3v) is 9.06. The fraction of sp³-hybridized carbons (Fsp3) is 0.613. The molecule has 1 aromatic carbocycles. The molecule has 1 heterocycles. The molecule has 0 atom stereocenters. The van der Waals surface area contributed by atoms with Crippen LogP contribution in [0, 0.1) is 17.8 Å². The zero-order chi connectivity index (χ0) is 26.5. The van der Waals surface area contributed by atoms with E-state index in [1.807, 2.05) is 0 Å². The van der Waals surface area contributed by atoms with Gasteiger partial charge in [-0.1, -0.05) is 53.0 Å². The zero-order valence-electron chi connectivity index (χ0n) is 22.7. The predicted octanol–water partition coefficient (Wildman–Crippen LogP) is 6.82. The highest BCUT2D eigenvalue weighted by Crippen LogP contribution is 2.49. The molecular weight excluding hydrogens is 467 g/mol. The van der Waals surface area contributed by atoms with Crippen LogP contribution in [0.15, 0.2) is 24.3 Å². The van der Waals surface area contributed by atoms with Gasteiger partial charge in [-0.15, -0.1) is 0 Å². The molecule has 2 aromatic rings. The molecular formula is C31H41FN2O3. The van der Waals surface area contributed by atoms with E-state index in [1.165, 1.54) is 30.4 Å². The Hall–Kier alpha value is -2.63. The lowest BCUT2D eigenvalue weighted by molar-refractivity contribution is -0.145. The molecule has 2 N–H and O–H groups in total. The van der Waals surface area contributed by atoms with E-state index in [-0.39, 0.29) is 22.4 Å². The molecule has 200 valence electrons. The van der Waals surface area contributed by atoms with Crippen LogP contribution in [0.3, 0.4) is 0 Å². The lowest BCUT2D eigenvalue weighted by Crippen LogP contribution is -2.46. The second-order valence-corrected chi connectivity index (χ2v) is 13.1. The average Bonchev–Trinajstić information content (AvgIpc) is 3.50. The van der Waals surface area contributed by atoms with Gasteiger partial charge in [0.25, 0.3) is 5.91 Å². The van der Waals surface area contributed by atoms with Gasteiger partial charge in [-0.25, -0.2) is 0 Å². The Labute approximate surface area is 219 Å². The smallest absolute Gasteiger partial charge is 0.306 e. The van der Waals surface area contributed by atoms with Gasteiger partial charge >= 0.3 is 5.97 Å². The Kier molecular flexibility index (Phi) is 6.74. The van der Waals surface area contributed by atoms with E-state index in [0.29, 0.717) is 25.3 Å². The number of halogens is 1. The third kappa shape index (κ3) is 5.35. The monoisotopic (exact) mass is 508 g/mol. The van der Waals surface area contributed by atoms with E-state index in [9.17, 15) is 9.59 Å². The van der Waals surface area contributed by atoms with Crippen LogP contribution in [-0.4, -0.2) is 27.6 Å². The van der Waals surface area contributed by atoms with Crippen molar-refractivity contribution in [1.29, 1.82) is 0 Å². The number of carbonyl (C=O) groups excluding carboxylic acids is 1. The Morgan fingerprint density at radius 3 is 2.35 bits per heavy atom. The van der Waals surface area contributed by atoms with Crippen LogP contribution in [0.4, 0.5) is 4.39 Å². The first kappa shape index (κ1) is 26.0. The van der Waals surface area contributed by atoms with E-state index in [0.717, 1.165) is 36.9 Å². The first-order chi connectivity index (χ1) is 17.4. The van der Waals surface area contributed by atoms with E-state index in [1.54, 1.807) is 10.6 Å². The number of aromatic nitrogens is 1. The molecule has 0 bridgehead atoms. The van der Waals surface area contributed by atoms with Crippen molar-refractivity contribution in [2.45, 2.75) is 109 Å². The summed E-state index contributed by atoms with van der Waals surface area (Å²) < 4.78 is 17.8. The Morgan fingerprint density at radius 1 is 1.08 bits per heavy atom. The maximum absolute atomic E-state index is 16.1. The molecule has 1 aromatic heterocycles. The van der Waals surface area contributed by atoms with Crippen molar-refractivity contribution < 1.29 is 19.1 Å². The first-order valence-electron chi connectivity index (χ1n) is 14.0. The number of carbonyl (C=O) groups is 2. The number of benzene rings is 1. The van der Waals surface area contributed by atoms with Crippen molar-refractivity contribution >= 4 is 11.9 Å². The molecule has 5 rings (SSSR count). The van der Waals surface area contributed by atoms with Crippen LogP contribution in [0.2, 0.25) is 0 Å². The second-order valence-electron chi connectivity index (χ2n) is 13.1. The fourth-order valence-corrected chi connectivity index (χ4v) is 5.96. The molecule has 37 heavy (non-hydrogen) atoms. The van der Waals surface area contributed by atoms with Crippen molar-refractivity contribution in [3.8, 4) is 11.3 Å². The van der Waals surface area contributed by atoms with Gasteiger partial charge in [0.05, 0.1) is 17.2 Å². The van der Waals surface area contributed by atoms with Crippen molar-refractivity contribution in [2.75, 3.05) is 0 Å². The van der Waals surface area contributed by atoms with E-state index in [4.69, 9.17) is 5.11 Å². The van der Waals surface area contributed by atoms with E-state index in [2.05, 4.69) is 51.2 Å². The average molecular weight is 509 g/mol. The van der Waals surface area contributed by atoms with Crippen LogP contribution in [0.1, 0.15) is 107 Å². The van der Waals surface area contributed by atoms with Crippen molar-refractivity contribution in [3.05, 3.63) is 46.9 Å². The van der Waals surface area contributed by atoms with Crippen molar-refractivity contribution in [1.82, 2.24) is 9.88 Å². The molecule has 6 heteroatoms. The van der Waals surface area contributed by atoms with Gasteiger partial charge in [0.2, 0.25) is 5.95 Å². The van der Waals surface area contributed by atoms with Gasteiger partial charge < -0.3 is 15.0 Å². The number of hydrogen-bond acceptors (Lipinski definition) is 2. The van der Waals surface area contributed by atoms with Gasteiger partial charge in [0.1, 0.15) is 0 Å². The molecule has 3 fully saturated rings. The Morgan fingerprint density at radius 2 is 1.76 bits per heavy atom. The highest BCUT2D eigenvalue weighted by atomic mass is 19.1. The van der Waals surface area contributed by atoms with Crippen LogP contribution in [0.5, 0.6) is 0 Å². The van der Waals surface area contributed by atoms with Gasteiger partial charge in [-0.3, -0.25) is 9.59 Å². The number of rotatable bonds is 7. The molecule has 1 amide bonds. The predicted molar refractivity (Wildman–Crippen MR) is 143 cm³/mol. The maximum atomic E-state index is 16.1. The number of nitrogens with one attached hydrogen (secondary N) is 1. The number of carboxylic acids is 1.